The Bertz CT molecular complexity index is 592. The fourth-order valence-electron chi connectivity index (χ4n) is 2.08. The Morgan fingerprint density at radius 1 is 1.42 bits per heavy atom. The number of nitrogens with one attached hydrogen (secondary N) is 1. The normalized spacial score (nSPS) is 16.7. The molecule has 0 aromatic carbocycles. The van der Waals surface area contributed by atoms with Crippen LogP contribution < -0.4 is 5.32 Å². The monoisotopic (exact) mass is 274 g/mol. The summed E-state index contributed by atoms with van der Waals surface area (Å²) in [5.41, 5.74) is 1.10. The quantitative estimate of drug-likeness (QED) is 0.932. The third-order valence-electron chi connectivity index (χ3n) is 3.39. The maximum atomic E-state index is 12.1. The van der Waals surface area contributed by atoms with Gasteiger partial charge in [0.15, 0.2) is 0 Å². The molecule has 0 unspecified atom stereocenters. The number of amides is 1. The molecule has 2 aromatic rings. The van der Waals surface area contributed by atoms with Crippen molar-refractivity contribution in [3.05, 3.63) is 29.7 Å². The van der Waals surface area contributed by atoms with Gasteiger partial charge in [-0.2, -0.15) is 0 Å². The largest absolute Gasteiger partial charge is 0.346 e. The molecule has 0 spiro atoms. The summed E-state index contributed by atoms with van der Waals surface area (Å²) in [6.45, 7) is 2.07. The van der Waals surface area contributed by atoms with Gasteiger partial charge in [-0.05, 0) is 26.2 Å². The maximum Gasteiger partial charge on any atom is 0.271 e. The zero-order chi connectivity index (χ0) is 13.3. The summed E-state index contributed by atoms with van der Waals surface area (Å²) in [6, 6.07) is 0. The van der Waals surface area contributed by atoms with Crippen LogP contribution in [-0.4, -0.2) is 26.4 Å². The molecule has 5 nitrogen and oxygen atoms in total. The summed E-state index contributed by atoms with van der Waals surface area (Å²) in [6.07, 6.45) is 8.14. The van der Waals surface area contributed by atoms with Gasteiger partial charge in [0.2, 0.25) is 0 Å². The standard InChI is InChI=1S/C13H14N4OS/c1-13(3-2-4-13)17-11(18)10-8-19-12(16-10)9-7-14-5-6-15-9/h5-8H,2-4H2,1H3,(H,17,18). The lowest BCUT2D eigenvalue weighted by Gasteiger charge is -2.38. The van der Waals surface area contributed by atoms with Crippen LogP contribution in [0.1, 0.15) is 36.7 Å². The predicted molar refractivity (Wildman–Crippen MR) is 72.9 cm³/mol. The van der Waals surface area contributed by atoms with E-state index in [1.54, 1.807) is 24.0 Å². The number of thiazole rings is 1. The van der Waals surface area contributed by atoms with Gasteiger partial charge in [0, 0.05) is 23.3 Å². The second kappa shape index (κ2) is 4.70. The van der Waals surface area contributed by atoms with Crippen molar-refractivity contribution < 1.29 is 4.79 Å². The molecule has 1 N–H and O–H groups in total. The van der Waals surface area contributed by atoms with Gasteiger partial charge in [0.1, 0.15) is 16.4 Å². The van der Waals surface area contributed by atoms with Crippen LogP contribution in [0.4, 0.5) is 0 Å². The van der Waals surface area contributed by atoms with E-state index < -0.39 is 0 Å². The second-order valence-electron chi connectivity index (χ2n) is 5.00. The Morgan fingerprint density at radius 3 is 2.89 bits per heavy atom. The van der Waals surface area contributed by atoms with E-state index in [0.29, 0.717) is 11.4 Å². The molecule has 1 fully saturated rings. The van der Waals surface area contributed by atoms with Crippen molar-refractivity contribution in [1.82, 2.24) is 20.3 Å². The van der Waals surface area contributed by atoms with Gasteiger partial charge in [0.05, 0.1) is 6.20 Å². The van der Waals surface area contributed by atoms with E-state index in [2.05, 4.69) is 27.2 Å². The van der Waals surface area contributed by atoms with Crippen LogP contribution in [0.3, 0.4) is 0 Å². The number of nitrogens with zero attached hydrogens (tertiary/aromatic N) is 3. The first-order chi connectivity index (χ1) is 9.16. The predicted octanol–water partition coefficient (Wildman–Crippen LogP) is 2.27. The maximum absolute atomic E-state index is 12.1. The summed E-state index contributed by atoms with van der Waals surface area (Å²) in [7, 11) is 0. The molecule has 0 radical (unpaired) electrons. The lowest BCUT2D eigenvalue weighted by Crippen LogP contribution is -2.51. The average Bonchev–Trinajstić information content (AvgIpc) is 2.87. The summed E-state index contributed by atoms with van der Waals surface area (Å²) in [5, 5.41) is 5.53. The molecule has 2 heterocycles. The smallest absolute Gasteiger partial charge is 0.271 e. The van der Waals surface area contributed by atoms with Crippen LogP contribution in [0.25, 0.3) is 10.7 Å². The highest BCUT2D eigenvalue weighted by Gasteiger charge is 2.33. The Balaban J connectivity index is 1.76. The van der Waals surface area contributed by atoms with Crippen molar-refractivity contribution in [2.75, 3.05) is 0 Å². The highest BCUT2D eigenvalue weighted by molar-refractivity contribution is 7.13. The van der Waals surface area contributed by atoms with Crippen LogP contribution >= 0.6 is 11.3 Å². The van der Waals surface area contributed by atoms with Crippen molar-refractivity contribution in [2.24, 2.45) is 0 Å². The summed E-state index contributed by atoms with van der Waals surface area (Å²) in [4.78, 5) is 24.6. The Kier molecular flexibility index (Phi) is 3.02. The molecule has 0 saturated heterocycles. The first kappa shape index (κ1) is 12.2. The molecule has 1 aliphatic rings. The van der Waals surface area contributed by atoms with Crippen LogP contribution in [-0.2, 0) is 0 Å². The highest BCUT2D eigenvalue weighted by atomic mass is 32.1. The van der Waals surface area contributed by atoms with E-state index in [1.807, 2.05) is 0 Å². The molecular formula is C13H14N4OS. The number of hydrogen-bond acceptors (Lipinski definition) is 5. The van der Waals surface area contributed by atoms with Crippen LogP contribution in [0.5, 0.6) is 0 Å². The summed E-state index contributed by atoms with van der Waals surface area (Å²) >= 11 is 1.41. The first-order valence-electron chi connectivity index (χ1n) is 6.21. The van der Waals surface area contributed by atoms with Crippen LogP contribution in [0.15, 0.2) is 24.0 Å². The van der Waals surface area contributed by atoms with Crippen molar-refractivity contribution in [2.45, 2.75) is 31.7 Å². The molecule has 3 rings (SSSR count). The second-order valence-corrected chi connectivity index (χ2v) is 5.85. The molecule has 0 aliphatic heterocycles. The average molecular weight is 274 g/mol. The molecule has 19 heavy (non-hydrogen) atoms. The fraction of sp³-hybridized carbons (Fsp3) is 0.385. The van der Waals surface area contributed by atoms with Crippen molar-refractivity contribution in [1.29, 1.82) is 0 Å². The van der Waals surface area contributed by atoms with E-state index in [0.717, 1.165) is 17.8 Å². The highest BCUT2D eigenvalue weighted by Crippen LogP contribution is 2.31. The number of aromatic nitrogens is 3. The SMILES string of the molecule is CC1(NC(=O)c2csc(-c3cnccn3)n2)CCC1. The summed E-state index contributed by atoms with van der Waals surface area (Å²) < 4.78 is 0. The van der Waals surface area contributed by atoms with Gasteiger partial charge in [-0.1, -0.05) is 0 Å². The van der Waals surface area contributed by atoms with E-state index in [4.69, 9.17) is 0 Å². The van der Waals surface area contributed by atoms with Crippen molar-refractivity contribution in [3.8, 4) is 10.7 Å². The van der Waals surface area contributed by atoms with Gasteiger partial charge in [-0.25, -0.2) is 4.98 Å². The number of rotatable bonds is 3. The van der Waals surface area contributed by atoms with E-state index in [1.165, 1.54) is 17.8 Å². The van der Waals surface area contributed by atoms with E-state index in [-0.39, 0.29) is 11.4 Å². The number of hydrogen-bond donors (Lipinski definition) is 1. The Hall–Kier alpha value is -1.82. The van der Waals surface area contributed by atoms with Crippen molar-refractivity contribution in [3.63, 3.8) is 0 Å². The topological polar surface area (TPSA) is 67.8 Å². The molecule has 1 aliphatic carbocycles. The lowest BCUT2D eigenvalue weighted by molar-refractivity contribution is 0.0846. The fourth-order valence-corrected chi connectivity index (χ4v) is 2.84. The molecule has 0 bridgehead atoms. The third-order valence-corrected chi connectivity index (χ3v) is 4.26. The number of carbonyl (C=O) groups is 1. The molecule has 98 valence electrons. The molecule has 1 amide bonds. The molecular weight excluding hydrogens is 260 g/mol. The van der Waals surface area contributed by atoms with Gasteiger partial charge in [0.25, 0.3) is 5.91 Å². The molecule has 1 saturated carbocycles. The minimum absolute atomic E-state index is 0.0482. The zero-order valence-electron chi connectivity index (χ0n) is 10.6. The Labute approximate surface area is 115 Å². The van der Waals surface area contributed by atoms with Gasteiger partial charge < -0.3 is 5.32 Å². The van der Waals surface area contributed by atoms with Crippen LogP contribution in [0, 0.1) is 0 Å². The molecule has 0 atom stereocenters. The first-order valence-corrected chi connectivity index (χ1v) is 7.09. The van der Waals surface area contributed by atoms with E-state index >= 15 is 0 Å². The van der Waals surface area contributed by atoms with E-state index in [9.17, 15) is 4.79 Å². The number of carbonyl (C=O) groups excluding carboxylic acids is 1. The summed E-state index contributed by atoms with van der Waals surface area (Å²) in [5.74, 6) is -0.103. The molecule has 2 aromatic heterocycles. The van der Waals surface area contributed by atoms with Crippen LogP contribution in [0.2, 0.25) is 0 Å². The Morgan fingerprint density at radius 2 is 2.26 bits per heavy atom. The third kappa shape index (κ3) is 2.49. The zero-order valence-corrected chi connectivity index (χ0v) is 11.4. The lowest BCUT2D eigenvalue weighted by atomic mass is 9.78. The van der Waals surface area contributed by atoms with Gasteiger partial charge >= 0.3 is 0 Å². The molecule has 6 heteroatoms. The van der Waals surface area contributed by atoms with Gasteiger partial charge in [-0.15, -0.1) is 11.3 Å². The minimum Gasteiger partial charge on any atom is -0.346 e. The minimum atomic E-state index is -0.103. The van der Waals surface area contributed by atoms with Gasteiger partial charge in [-0.3, -0.25) is 14.8 Å². The van der Waals surface area contributed by atoms with Crippen molar-refractivity contribution >= 4 is 17.2 Å².